The van der Waals surface area contributed by atoms with Crippen molar-refractivity contribution in [2.75, 3.05) is 0 Å². The summed E-state index contributed by atoms with van der Waals surface area (Å²) in [5.74, 6) is -2.96. The molecule has 1 atom stereocenters. The molecule has 0 aromatic rings. The smallest absolute Gasteiger partial charge is 0.332 e. The van der Waals surface area contributed by atoms with E-state index in [1.165, 1.54) is 6.08 Å². The average Bonchev–Trinajstić information content (AvgIpc) is 1.56. The Morgan fingerprint density at radius 2 is 2.10 bits per heavy atom. The van der Waals surface area contributed by atoms with Crippen LogP contribution in [0.4, 0.5) is 0 Å². The maximum absolute atomic E-state index is 10.2. The molecular weight excluding hydrogens is 136 g/mol. The van der Waals surface area contributed by atoms with Gasteiger partial charge in [0.25, 0.3) is 0 Å². The molecule has 54 valence electrons. The lowest BCUT2D eigenvalue weighted by molar-refractivity contribution is -0.144. The summed E-state index contributed by atoms with van der Waals surface area (Å²) in [5.41, 5.74) is 0.00694. The molecule has 1 unspecified atom stereocenters. The monoisotopic (exact) mass is 142 g/mol. The van der Waals surface area contributed by atoms with Gasteiger partial charge in [-0.15, -0.1) is 0 Å². The fourth-order valence-electron chi connectivity index (χ4n) is 0.824. The van der Waals surface area contributed by atoms with E-state index in [0.717, 1.165) is 0 Å². The van der Waals surface area contributed by atoms with Crippen LogP contribution in [-0.4, -0.2) is 22.2 Å². The summed E-state index contributed by atoms with van der Waals surface area (Å²) in [6.07, 6.45) is 1.76. The van der Waals surface area contributed by atoms with E-state index >= 15 is 0 Å². The molecule has 4 heteroatoms. The second-order valence-corrected chi connectivity index (χ2v) is 2.09. The lowest BCUT2D eigenvalue weighted by Crippen LogP contribution is -2.26. The highest BCUT2D eigenvalue weighted by Gasteiger charge is 2.32. The normalized spacial score (nSPS) is 22.8. The molecule has 0 aromatic heterocycles. The topological polar surface area (TPSA) is 74.6 Å². The second kappa shape index (κ2) is 2.13. The molecule has 0 radical (unpaired) electrons. The van der Waals surface area contributed by atoms with Crippen molar-refractivity contribution in [1.82, 2.24) is 0 Å². The second-order valence-electron chi connectivity index (χ2n) is 2.09. The highest BCUT2D eigenvalue weighted by molar-refractivity contribution is 5.96. The number of carboxylic acid groups (broad SMARTS) is 2. The Balaban J connectivity index is 2.67. The fraction of sp³-hybridized carbons (Fsp3) is 0.333. The van der Waals surface area contributed by atoms with E-state index in [9.17, 15) is 9.59 Å². The van der Waals surface area contributed by atoms with Crippen molar-refractivity contribution < 1.29 is 19.8 Å². The Labute approximate surface area is 56.8 Å². The lowest BCUT2D eigenvalue weighted by atomic mass is 9.85. The summed E-state index contributed by atoms with van der Waals surface area (Å²) in [6.45, 7) is 0. The van der Waals surface area contributed by atoms with Crippen LogP contribution in [0.3, 0.4) is 0 Å². The summed E-state index contributed by atoms with van der Waals surface area (Å²) < 4.78 is 0. The molecule has 0 aromatic carbocycles. The first kappa shape index (κ1) is 6.80. The number of aliphatic carboxylic acids is 2. The third-order valence-corrected chi connectivity index (χ3v) is 1.49. The van der Waals surface area contributed by atoms with Gasteiger partial charge >= 0.3 is 11.9 Å². The Morgan fingerprint density at radius 3 is 2.20 bits per heavy atom. The SMILES string of the molecule is O=C(O)C1=CCC1C(=O)O. The highest BCUT2D eigenvalue weighted by atomic mass is 16.4. The summed E-state index contributed by atoms with van der Waals surface area (Å²) in [6, 6.07) is 0. The molecule has 0 saturated carbocycles. The molecule has 0 spiro atoms. The zero-order valence-corrected chi connectivity index (χ0v) is 5.07. The molecule has 10 heavy (non-hydrogen) atoms. The molecule has 0 heterocycles. The highest BCUT2D eigenvalue weighted by Crippen LogP contribution is 2.26. The minimum Gasteiger partial charge on any atom is -0.481 e. The van der Waals surface area contributed by atoms with Gasteiger partial charge in [0.2, 0.25) is 0 Å². The number of carboxylic acids is 2. The fourth-order valence-corrected chi connectivity index (χ4v) is 0.824. The van der Waals surface area contributed by atoms with Gasteiger partial charge in [-0.05, 0) is 6.42 Å². The Kier molecular flexibility index (Phi) is 1.45. The average molecular weight is 142 g/mol. The van der Waals surface area contributed by atoms with E-state index in [-0.39, 0.29) is 5.57 Å². The van der Waals surface area contributed by atoms with Gasteiger partial charge in [0, 0.05) is 5.57 Å². The van der Waals surface area contributed by atoms with Gasteiger partial charge in [0.1, 0.15) is 0 Å². The molecule has 0 fully saturated rings. The third-order valence-electron chi connectivity index (χ3n) is 1.49. The van der Waals surface area contributed by atoms with Crippen LogP contribution in [0.25, 0.3) is 0 Å². The predicted molar refractivity (Wildman–Crippen MR) is 31.5 cm³/mol. The minimum absolute atomic E-state index is 0.00694. The van der Waals surface area contributed by atoms with E-state index in [1.807, 2.05) is 0 Å². The van der Waals surface area contributed by atoms with E-state index in [0.29, 0.717) is 6.42 Å². The zero-order valence-electron chi connectivity index (χ0n) is 5.07. The van der Waals surface area contributed by atoms with Crippen LogP contribution in [0.15, 0.2) is 11.6 Å². The Bertz CT molecular complexity index is 216. The first-order chi connectivity index (χ1) is 4.63. The van der Waals surface area contributed by atoms with Crippen molar-refractivity contribution in [3.63, 3.8) is 0 Å². The van der Waals surface area contributed by atoms with E-state index in [4.69, 9.17) is 10.2 Å². The van der Waals surface area contributed by atoms with Gasteiger partial charge < -0.3 is 10.2 Å². The zero-order chi connectivity index (χ0) is 7.72. The first-order valence-corrected chi connectivity index (χ1v) is 2.79. The molecule has 2 N–H and O–H groups in total. The van der Waals surface area contributed by atoms with Gasteiger partial charge in [0.15, 0.2) is 0 Å². The first-order valence-electron chi connectivity index (χ1n) is 2.79. The molecule has 0 amide bonds. The van der Waals surface area contributed by atoms with Gasteiger partial charge in [-0.25, -0.2) is 4.79 Å². The molecular formula is C6H6O4. The quantitative estimate of drug-likeness (QED) is 0.573. The molecule has 4 nitrogen and oxygen atoms in total. The van der Waals surface area contributed by atoms with Crippen LogP contribution in [-0.2, 0) is 9.59 Å². The Morgan fingerprint density at radius 1 is 1.50 bits per heavy atom. The minimum atomic E-state index is -1.13. The van der Waals surface area contributed by atoms with E-state index in [2.05, 4.69) is 0 Å². The van der Waals surface area contributed by atoms with Crippen LogP contribution >= 0.6 is 0 Å². The standard InChI is InChI=1S/C6H6O4/c7-5(8)3-1-2-4(3)6(9)10/h1,4H,2H2,(H,7,8)(H,9,10). The van der Waals surface area contributed by atoms with Crippen molar-refractivity contribution in [2.24, 2.45) is 5.92 Å². The molecule has 1 aliphatic rings. The molecule has 1 aliphatic carbocycles. The molecule has 0 saturated heterocycles. The van der Waals surface area contributed by atoms with Crippen LogP contribution in [0.5, 0.6) is 0 Å². The number of rotatable bonds is 2. The van der Waals surface area contributed by atoms with Gasteiger partial charge in [-0.3, -0.25) is 4.79 Å². The summed E-state index contributed by atoms with van der Waals surface area (Å²) in [7, 11) is 0. The molecule has 1 rings (SSSR count). The molecule has 0 bridgehead atoms. The molecule has 0 aliphatic heterocycles. The predicted octanol–water partition coefficient (Wildman–Crippen LogP) is 0.102. The van der Waals surface area contributed by atoms with E-state index < -0.39 is 17.9 Å². The maximum atomic E-state index is 10.2. The summed E-state index contributed by atoms with van der Waals surface area (Å²) in [5, 5.41) is 16.7. The van der Waals surface area contributed by atoms with Crippen molar-refractivity contribution in [2.45, 2.75) is 6.42 Å². The van der Waals surface area contributed by atoms with Crippen LogP contribution < -0.4 is 0 Å². The maximum Gasteiger partial charge on any atom is 0.332 e. The third kappa shape index (κ3) is 0.877. The summed E-state index contributed by atoms with van der Waals surface area (Å²) >= 11 is 0. The van der Waals surface area contributed by atoms with Gasteiger partial charge in [0.05, 0.1) is 5.92 Å². The van der Waals surface area contributed by atoms with Gasteiger partial charge in [-0.2, -0.15) is 0 Å². The number of hydrogen-bond acceptors (Lipinski definition) is 2. The lowest BCUT2D eigenvalue weighted by Gasteiger charge is -2.18. The van der Waals surface area contributed by atoms with Crippen molar-refractivity contribution >= 4 is 11.9 Å². The number of allylic oxidation sites excluding steroid dienone is 1. The van der Waals surface area contributed by atoms with Crippen molar-refractivity contribution in [3.8, 4) is 0 Å². The van der Waals surface area contributed by atoms with Crippen LogP contribution in [0, 0.1) is 5.92 Å². The van der Waals surface area contributed by atoms with Crippen molar-refractivity contribution in [1.29, 1.82) is 0 Å². The number of carbonyl (C=O) groups is 2. The van der Waals surface area contributed by atoms with Crippen molar-refractivity contribution in [3.05, 3.63) is 11.6 Å². The van der Waals surface area contributed by atoms with Crippen LogP contribution in [0.1, 0.15) is 6.42 Å². The van der Waals surface area contributed by atoms with E-state index in [1.54, 1.807) is 0 Å². The van der Waals surface area contributed by atoms with Crippen LogP contribution in [0.2, 0.25) is 0 Å². The Hall–Kier alpha value is -1.32. The largest absolute Gasteiger partial charge is 0.481 e. The number of hydrogen-bond donors (Lipinski definition) is 2. The summed E-state index contributed by atoms with van der Waals surface area (Å²) in [4.78, 5) is 20.4. The van der Waals surface area contributed by atoms with Gasteiger partial charge in [-0.1, -0.05) is 6.08 Å².